The number of hydrogen-bond donors (Lipinski definition) is 5. The van der Waals surface area contributed by atoms with Gasteiger partial charge in [0.2, 0.25) is 5.91 Å². The molecule has 1 saturated heterocycles. The predicted molar refractivity (Wildman–Crippen MR) is 125 cm³/mol. The molecule has 1 fully saturated rings. The van der Waals surface area contributed by atoms with E-state index in [1.54, 1.807) is 6.92 Å². The standard InChI is InChI=1S/C21H34N3O11P/c1-6-15(27)36(31,32)35-21(5,7-2)8-14-16(28)17(29)19(34-14)24-9-13(10-33-12(4)26)18(22-11(3)25)23-20(24)30/h9,14-17,19,27-29H,6-8,10H2,1-5H3,(H,31,32)(H,22,23,25,30)/t14-,15?,16-,17-,19-,21?/m1/s1. The van der Waals surface area contributed by atoms with Crippen LogP contribution in [0.5, 0.6) is 0 Å². The van der Waals surface area contributed by atoms with Crippen molar-refractivity contribution in [2.45, 2.75) is 96.5 Å². The van der Waals surface area contributed by atoms with Gasteiger partial charge in [-0.25, -0.2) is 4.79 Å². The van der Waals surface area contributed by atoms with Crippen molar-refractivity contribution in [2.24, 2.45) is 0 Å². The van der Waals surface area contributed by atoms with E-state index in [1.165, 1.54) is 33.9 Å². The minimum Gasteiger partial charge on any atom is -0.461 e. The highest BCUT2D eigenvalue weighted by atomic mass is 31.2. The molecule has 0 spiro atoms. The molecule has 1 aromatic heterocycles. The van der Waals surface area contributed by atoms with E-state index in [4.69, 9.17) is 14.0 Å². The zero-order valence-electron chi connectivity index (χ0n) is 20.8. The maximum absolute atomic E-state index is 12.7. The highest BCUT2D eigenvalue weighted by Gasteiger charge is 2.48. The molecule has 36 heavy (non-hydrogen) atoms. The Labute approximate surface area is 207 Å². The van der Waals surface area contributed by atoms with Crippen LogP contribution < -0.4 is 11.0 Å². The summed E-state index contributed by atoms with van der Waals surface area (Å²) in [4.78, 5) is 49.3. The number of aliphatic hydroxyl groups excluding tert-OH is 3. The third-order valence-corrected chi connectivity index (χ3v) is 7.66. The fourth-order valence-corrected chi connectivity index (χ4v) is 5.08. The highest BCUT2D eigenvalue weighted by molar-refractivity contribution is 7.53. The molecule has 0 radical (unpaired) electrons. The lowest BCUT2D eigenvalue weighted by Gasteiger charge is -2.34. The lowest BCUT2D eigenvalue weighted by molar-refractivity contribution is -0.142. The van der Waals surface area contributed by atoms with Crippen LogP contribution in [0.25, 0.3) is 0 Å². The third-order valence-electron chi connectivity index (χ3n) is 5.84. The summed E-state index contributed by atoms with van der Waals surface area (Å²) >= 11 is 0. The molecule has 1 aliphatic heterocycles. The molecular formula is C21H34N3O11P. The Kier molecular flexibility index (Phi) is 9.93. The van der Waals surface area contributed by atoms with Crippen molar-refractivity contribution in [3.05, 3.63) is 22.2 Å². The summed E-state index contributed by atoms with van der Waals surface area (Å²) < 4.78 is 29.4. The summed E-state index contributed by atoms with van der Waals surface area (Å²) in [5, 5.41) is 33.5. The Hall–Kier alpha value is -2.19. The van der Waals surface area contributed by atoms with E-state index in [-0.39, 0.29) is 37.3 Å². The van der Waals surface area contributed by atoms with Crippen LogP contribution in [0.1, 0.15) is 65.7 Å². The topological polar surface area (TPSA) is 207 Å². The Balaban J connectivity index is 2.35. The van der Waals surface area contributed by atoms with E-state index in [9.17, 15) is 39.2 Å². The number of nitrogens with zero attached hydrogens (tertiary/aromatic N) is 2. The van der Waals surface area contributed by atoms with Gasteiger partial charge in [0.15, 0.2) is 12.1 Å². The average Bonchev–Trinajstić information content (AvgIpc) is 3.05. The molecule has 1 amide bonds. The average molecular weight is 535 g/mol. The molecule has 5 N–H and O–H groups in total. The van der Waals surface area contributed by atoms with Gasteiger partial charge < -0.3 is 39.5 Å². The number of amides is 1. The van der Waals surface area contributed by atoms with E-state index in [0.717, 1.165) is 4.57 Å². The van der Waals surface area contributed by atoms with Crippen LogP contribution >= 0.6 is 7.60 Å². The SMILES string of the molecule is CCC(O)P(=O)(O)OC(C)(CC)C[C@H]1O[C@@H](n2cc(COC(C)=O)c(NC(C)=O)nc2=O)[C@H](O)[C@@H]1O. The number of rotatable bonds is 11. The molecule has 0 saturated carbocycles. The van der Waals surface area contributed by atoms with Gasteiger partial charge in [-0.15, -0.1) is 0 Å². The molecule has 1 aliphatic rings. The number of aromatic nitrogens is 2. The number of nitrogens with one attached hydrogen (secondary N) is 1. The first kappa shape index (κ1) is 30.0. The second-order valence-electron chi connectivity index (χ2n) is 8.86. The molecular weight excluding hydrogens is 501 g/mol. The number of esters is 1. The van der Waals surface area contributed by atoms with Crippen molar-refractivity contribution in [1.82, 2.24) is 9.55 Å². The quantitative estimate of drug-likeness (QED) is 0.192. The Morgan fingerprint density at radius 3 is 2.47 bits per heavy atom. The van der Waals surface area contributed by atoms with Crippen LogP contribution in [0.2, 0.25) is 0 Å². The number of carbonyl (C=O) groups excluding carboxylic acids is 2. The van der Waals surface area contributed by atoms with E-state index >= 15 is 0 Å². The number of ether oxygens (including phenoxy) is 2. The second kappa shape index (κ2) is 11.9. The Morgan fingerprint density at radius 1 is 1.31 bits per heavy atom. The minimum absolute atomic E-state index is 0.0169. The Morgan fingerprint density at radius 2 is 1.94 bits per heavy atom. The molecule has 204 valence electrons. The maximum atomic E-state index is 12.7. The summed E-state index contributed by atoms with van der Waals surface area (Å²) in [6, 6.07) is 0. The summed E-state index contributed by atoms with van der Waals surface area (Å²) in [5.41, 5.74) is -2.13. The molecule has 7 atom stereocenters. The molecule has 0 bridgehead atoms. The van der Waals surface area contributed by atoms with Crippen LogP contribution in [-0.2, 0) is 34.8 Å². The first-order valence-electron chi connectivity index (χ1n) is 11.4. The minimum atomic E-state index is -4.42. The van der Waals surface area contributed by atoms with Gasteiger partial charge in [-0.1, -0.05) is 13.8 Å². The van der Waals surface area contributed by atoms with Gasteiger partial charge >= 0.3 is 19.3 Å². The van der Waals surface area contributed by atoms with Crippen molar-refractivity contribution >= 4 is 25.3 Å². The van der Waals surface area contributed by atoms with Crippen molar-refractivity contribution in [2.75, 3.05) is 5.32 Å². The Bertz CT molecular complexity index is 1060. The second-order valence-corrected chi connectivity index (χ2v) is 10.8. The van der Waals surface area contributed by atoms with E-state index in [1.807, 2.05) is 0 Å². The lowest BCUT2D eigenvalue weighted by Crippen LogP contribution is -2.39. The van der Waals surface area contributed by atoms with Crippen LogP contribution in [-0.4, -0.2) is 71.4 Å². The predicted octanol–water partition coefficient (Wildman–Crippen LogP) is 0.373. The molecule has 2 rings (SSSR count). The zero-order chi connectivity index (χ0) is 27.4. The zero-order valence-corrected chi connectivity index (χ0v) is 21.7. The number of carbonyl (C=O) groups is 2. The first-order valence-corrected chi connectivity index (χ1v) is 13.0. The molecule has 15 heteroatoms. The van der Waals surface area contributed by atoms with Crippen LogP contribution in [0.15, 0.2) is 11.0 Å². The van der Waals surface area contributed by atoms with Gasteiger partial charge in [0.05, 0.1) is 11.7 Å². The number of aliphatic hydroxyl groups is 3. The fourth-order valence-electron chi connectivity index (χ4n) is 3.66. The van der Waals surface area contributed by atoms with Gasteiger partial charge in [-0.3, -0.25) is 18.7 Å². The maximum Gasteiger partial charge on any atom is 0.356 e. The third kappa shape index (κ3) is 7.19. The van der Waals surface area contributed by atoms with Crippen molar-refractivity contribution < 1.29 is 48.4 Å². The molecule has 3 unspecified atom stereocenters. The number of hydrogen-bond acceptors (Lipinski definition) is 11. The summed E-state index contributed by atoms with van der Waals surface area (Å²) in [5.74, 6) is -2.89. The van der Waals surface area contributed by atoms with Crippen molar-refractivity contribution in [1.29, 1.82) is 0 Å². The van der Waals surface area contributed by atoms with Gasteiger partial charge in [-0.05, 0) is 19.8 Å². The van der Waals surface area contributed by atoms with Gasteiger partial charge in [0.1, 0.15) is 24.6 Å². The molecule has 2 heterocycles. The van der Waals surface area contributed by atoms with E-state index < -0.39 is 61.1 Å². The van der Waals surface area contributed by atoms with Crippen LogP contribution in [0, 0.1) is 0 Å². The van der Waals surface area contributed by atoms with Crippen LogP contribution in [0.3, 0.4) is 0 Å². The van der Waals surface area contributed by atoms with Crippen LogP contribution in [0.4, 0.5) is 5.82 Å². The summed E-state index contributed by atoms with van der Waals surface area (Å²) in [6.07, 6.45) is -4.47. The smallest absolute Gasteiger partial charge is 0.356 e. The summed E-state index contributed by atoms with van der Waals surface area (Å²) in [7, 11) is -4.42. The monoisotopic (exact) mass is 535 g/mol. The molecule has 0 aromatic carbocycles. The number of anilines is 1. The van der Waals surface area contributed by atoms with Crippen molar-refractivity contribution in [3.8, 4) is 0 Å². The first-order chi connectivity index (χ1) is 16.6. The van der Waals surface area contributed by atoms with Gasteiger partial charge in [-0.2, -0.15) is 4.98 Å². The highest BCUT2D eigenvalue weighted by Crippen LogP contribution is 2.53. The van der Waals surface area contributed by atoms with E-state index in [2.05, 4.69) is 10.3 Å². The van der Waals surface area contributed by atoms with Gasteiger partial charge in [0, 0.05) is 32.0 Å². The summed E-state index contributed by atoms with van der Waals surface area (Å²) in [6.45, 7) is 6.71. The fraction of sp³-hybridized carbons (Fsp3) is 0.714. The normalized spacial score (nSPS) is 26.0. The van der Waals surface area contributed by atoms with Gasteiger partial charge in [0.25, 0.3) is 0 Å². The lowest BCUT2D eigenvalue weighted by atomic mass is 9.93. The molecule has 14 nitrogen and oxygen atoms in total. The molecule has 0 aliphatic carbocycles. The largest absolute Gasteiger partial charge is 0.461 e. The van der Waals surface area contributed by atoms with Crippen molar-refractivity contribution in [3.63, 3.8) is 0 Å². The van der Waals surface area contributed by atoms with E-state index in [0.29, 0.717) is 0 Å². The molecule has 1 aromatic rings.